The summed E-state index contributed by atoms with van der Waals surface area (Å²) in [5.74, 6) is 5.49. The van der Waals surface area contributed by atoms with Crippen molar-refractivity contribution >= 4 is 34.7 Å². The lowest BCUT2D eigenvalue weighted by Crippen LogP contribution is -2.46. The number of rotatable bonds is 7. The van der Waals surface area contributed by atoms with Crippen molar-refractivity contribution in [2.24, 2.45) is 0 Å². The van der Waals surface area contributed by atoms with Crippen molar-refractivity contribution in [1.82, 2.24) is 14.7 Å². The number of amides is 1. The maximum atomic E-state index is 15.1. The van der Waals surface area contributed by atoms with E-state index < -0.39 is 17.7 Å². The van der Waals surface area contributed by atoms with Gasteiger partial charge in [-0.05, 0) is 48.2 Å². The molecule has 0 saturated carbocycles. The van der Waals surface area contributed by atoms with Gasteiger partial charge in [0.2, 0.25) is 0 Å². The Bertz CT molecular complexity index is 1500. The molecule has 1 amide bonds. The van der Waals surface area contributed by atoms with Gasteiger partial charge in [-0.2, -0.15) is 13.2 Å². The van der Waals surface area contributed by atoms with E-state index in [0.717, 1.165) is 28.8 Å². The zero-order valence-electron chi connectivity index (χ0n) is 22.4. The molecule has 4 unspecified atom stereocenters. The highest BCUT2D eigenvalue weighted by atomic mass is 32.2. The highest BCUT2D eigenvalue weighted by Gasteiger charge is 2.61. The normalized spacial score (nSPS) is 23.6. The van der Waals surface area contributed by atoms with Crippen molar-refractivity contribution in [3.8, 4) is 11.8 Å². The maximum Gasteiger partial charge on any atom is 0.447 e. The zero-order valence-corrected chi connectivity index (χ0v) is 23.2. The van der Waals surface area contributed by atoms with Crippen molar-refractivity contribution < 1.29 is 26.8 Å². The van der Waals surface area contributed by atoms with E-state index in [4.69, 9.17) is 0 Å². The van der Waals surface area contributed by atoms with E-state index in [0.29, 0.717) is 24.1 Å². The Labute approximate surface area is 234 Å². The number of thioether (sulfide) groups is 1. The average molecular weight is 576 g/mol. The van der Waals surface area contributed by atoms with Crippen LogP contribution >= 0.6 is 11.8 Å². The fraction of sp³-hybridized carbons (Fsp3) is 0.429. The molecule has 12 heteroatoms. The Balaban J connectivity index is 1.39. The van der Waals surface area contributed by atoms with Gasteiger partial charge in [0.15, 0.2) is 17.9 Å². The Morgan fingerprint density at radius 1 is 1.27 bits per heavy atom. The van der Waals surface area contributed by atoms with Gasteiger partial charge in [0.25, 0.3) is 5.91 Å². The van der Waals surface area contributed by atoms with Gasteiger partial charge in [-0.25, -0.2) is 9.37 Å². The van der Waals surface area contributed by atoms with Crippen molar-refractivity contribution in [1.29, 1.82) is 0 Å². The van der Waals surface area contributed by atoms with Gasteiger partial charge in [-0.3, -0.25) is 9.20 Å². The second-order valence-electron chi connectivity index (χ2n) is 10.3. The lowest BCUT2D eigenvalue weighted by molar-refractivity contribution is -0.799. The topological polar surface area (TPSA) is 70.5 Å². The number of fused-ring (bicyclic) bond motifs is 2. The number of piperidine rings is 1. The molecule has 4 heterocycles. The SMILES string of the molecule is CCc1cc(C(=O)NC)ccc1NCC#Cc1nc2c(NC3CC[N+]4(C)CC4C3F)cccn2c1SC(F)(F)F. The molecule has 2 fully saturated rings. The van der Waals surface area contributed by atoms with Crippen molar-refractivity contribution in [2.75, 3.05) is 44.4 Å². The lowest BCUT2D eigenvalue weighted by Gasteiger charge is -2.30. The Morgan fingerprint density at radius 3 is 2.80 bits per heavy atom. The van der Waals surface area contributed by atoms with Crippen LogP contribution in [0.3, 0.4) is 0 Å². The first-order valence-electron chi connectivity index (χ1n) is 13.1. The van der Waals surface area contributed by atoms with Crippen molar-refractivity contribution in [3.63, 3.8) is 0 Å². The number of halogens is 4. The standard InChI is InChI=1S/C28H30F4N6OS/c1-4-17-15-18(26(39)33-2)9-10-19(17)34-12-5-7-22-27(40-28(30,31)32)37-13-6-8-21(25(37)36-22)35-20-11-14-38(3)16-23(38)24(20)29/h6,8-10,13,15,20,23-24,35H,4,11-12,14,16H2,1-3H3,(H-,33,34,39)/p+1. The highest BCUT2D eigenvalue weighted by molar-refractivity contribution is 8.00. The Kier molecular flexibility index (Phi) is 7.63. The third-order valence-corrected chi connectivity index (χ3v) is 8.50. The average Bonchev–Trinajstić information content (AvgIpc) is 3.51. The molecular weight excluding hydrogens is 544 g/mol. The van der Waals surface area contributed by atoms with Crippen LogP contribution in [0.4, 0.5) is 28.9 Å². The molecule has 7 nitrogen and oxygen atoms in total. The number of anilines is 2. The number of carbonyl (C=O) groups is 1. The fourth-order valence-corrected chi connectivity index (χ4v) is 6.01. The third kappa shape index (κ3) is 5.71. The Morgan fingerprint density at radius 2 is 2.08 bits per heavy atom. The molecule has 1 aromatic carbocycles. The largest absolute Gasteiger partial charge is 0.447 e. The van der Waals surface area contributed by atoms with E-state index in [-0.39, 0.29) is 46.6 Å². The number of nitrogens with zero attached hydrogens (tertiary/aromatic N) is 3. The summed E-state index contributed by atoms with van der Waals surface area (Å²) in [4.78, 5) is 16.4. The molecule has 2 aliphatic heterocycles. The van der Waals surface area contributed by atoms with Crippen LogP contribution in [-0.2, 0) is 6.42 Å². The van der Waals surface area contributed by atoms with Crippen LogP contribution in [0.1, 0.15) is 35.0 Å². The first kappa shape index (κ1) is 28.1. The molecule has 0 aliphatic carbocycles. The van der Waals surface area contributed by atoms with E-state index in [1.807, 2.05) is 14.0 Å². The molecule has 3 aromatic rings. The minimum absolute atomic E-state index is 0.00377. The summed E-state index contributed by atoms with van der Waals surface area (Å²) in [6.07, 6.45) is 1.77. The summed E-state index contributed by atoms with van der Waals surface area (Å²) in [5.41, 5.74) is -1.56. The second-order valence-corrected chi connectivity index (χ2v) is 11.4. The quantitative estimate of drug-likeness (QED) is 0.126. The van der Waals surface area contributed by atoms with Crippen molar-refractivity contribution in [3.05, 3.63) is 53.3 Å². The van der Waals surface area contributed by atoms with Gasteiger partial charge in [-0.15, -0.1) is 0 Å². The molecule has 2 saturated heterocycles. The number of quaternary nitrogens is 1. The smallest absolute Gasteiger partial charge is 0.376 e. The fourth-order valence-electron chi connectivity index (χ4n) is 5.35. The summed E-state index contributed by atoms with van der Waals surface area (Å²) in [6.45, 7) is 3.79. The Hall–Kier alpha value is -3.43. The molecule has 2 aromatic heterocycles. The van der Waals surface area contributed by atoms with Crippen LogP contribution < -0.4 is 16.0 Å². The van der Waals surface area contributed by atoms with Crippen LogP contribution in [0.5, 0.6) is 0 Å². The molecule has 0 spiro atoms. The van der Waals surface area contributed by atoms with E-state index >= 15 is 4.39 Å². The molecule has 2 aliphatic rings. The summed E-state index contributed by atoms with van der Waals surface area (Å²) >= 11 is -0.272. The van der Waals surface area contributed by atoms with Crippen molar-refractivity contribution in [2.45, 2.75) is 48.6 Å². The first-order chi connectivity index (χ1) is 19.0. The summed E-state index contributed by atoms with van der Waals surface area (Å²) < 4.78 is 57.7. The summed E-state index contributed by atoms with van der Waals surface area (Å²) in [5, 5.41) is 8.85. The van der Waals surface area contributed by atoms with Gasteiger partial charge in [0.1, 0.15) is 17.3 Å². The monoisotopic (exact) mass is 575 g/mol. The van der Waals surface area contributed by atoms with Crippen LogP contribution in [0.15, 0.2) is 41.6 Å². The number of imidazole rings is 1. The van der Waals surface area contributed by atoms with Gasteiger partial charge in [-0.1, -0.05) is 12.8 Å². The highest BCUT2D eigenvalue weighted by Crippen LogP contribution is 2.42. The number of hydrogen-bond acceptors (Lipinski definition) is 5. The number of aromatic nitrogens is 2. The molecule has 0 radical (unpaired) electrons. The number of nitrogens with one attached hydrogen (secondary N) is 3. The summed E-state index contributed by atoms with van der Waals surface area (Å²) in [7, 11) is 3.61. The molecule has 3 N–H and O–H groups in total. The molecule has 0 bridgehead atoms. The van der Waals surface area contributed by atoms with Gasteiger partial charge >= 0.3 is 5.51 Å². The number of aryl methyl sites for hydroxylation is 1. The van der Waals surface area contributed by atoms with Crippen LogP contribution in [0.2, 0.25) is 0 Å². The number of hydrogen-bond donors (Lipinski definition) is 3. The molecular formula is C28H31F4N6OS+. The minimum Gasteiger partial charge on any atom is -0.376 e. The maximum absolute atomic E-state index is 15.1. The van der Waals surface area contributed by atoms with E-state index in [9.17, 15) is 18.0 Å². The molecule has 40 heavy (non-hydrogen) atoms. The number of alkyl halides is 4. The number of carbonyl (C=O) groups excluding carboxylic acids is 1. The minimum atomic E-state index is -4.54. The van der Waals surface area contributed by atoms with Gasteiger partial charge in [0.05, 0.1) is 31.9 Å². The summed E-state index contributed by atoms with van der Waals surface area (Å²) in [6, 6.07) is 8.13. The lowest BCUT2D eigenvalue weighted by atomic mass is 10.0. The number of pyridine rings is 1. The zero-order chi connectivity index (χ0) is 28.7. The third-order valence-electron chi connectivity index (χ3n) is 7.68. The van der Waals surface area contributed by atoms with E-state index in [1.165, 1.54) is 10.6 Å². The van der Waals surface area contributed by atoms with Gasteiger partial charge < -0.3 is 20.4 Å². The van der Waals surface area contributed by atoms with Crippen LogP contribution in [0, 0.1) is 11.8 Å². The molecule has 212 valence electrons. The van der Waals surface area contributed by atoms with E-state index in [2.05, 4.69) is 32.8 Å². The second kappa shape index (κ2) is 10.9. The predicted molar refractivity (Wildman–Crippen MR) is 148 cm³/mol. The predicted octanol–water partition coefficient (Wildman–Crippen LogP) is 4.68. The number of likely N-dealkylation sites (N-methyl/N-ethyl adjacent to an activating group) is 1. The van der Waals surface area contributed by atoms with Gasteiger partial charge in [0, 0.05) is 42.7 Å². The van der Waals surface area contributed by atoms with Crippen LogP contribution in [0.25, 0.3) is 5.65 Å². The number of benzene rings is 1. The molecule has 5 rings (SSSR count). The molecule has 4 atom stereocenters. The first-order valence-corrected chi connectivity index (χ1v) is 13.9. The van der Waals surface area contributed by atoms with E-state index in [1.54, 1.807) is 37.4 Å². The van der Waals surface area contributed by atoms with Crippen LogP contribution in [-0.4, -0.2) is 77.3 Å².